The maximum Gasteiger partial charge on any atom is 0.340 e. The van der Waals surface area contributed by atoms with E-state index >= 15 is 0 Å². The Morgan fingerprint density at radius 2 is 1.91 bits per heavy atom. The third-order valence-corrected chi connectivity index (χ3v) is 6.28. The molecule has 0 spiro atoms. The van der Waals surface area contributed by atoms with Crippen LogP contribution in [0, 0.1) is 0 Å². The second-order valence-electron chi connectivity index (χ2n) is 6.81. The average molecular weight is 483 g/mol. The molecule has 32 heavy (non-hydrogen) atoms. The van der Waals surface area contributed by atoms with Crippen molar-refractivity contribution in [3.63, 3.8) is 0 Å². The lowest BCUT2D eigenvalue weighted by Crippen LogP contribution is -2.19. The molecule has 0 aliphatic carbocycles. The summed E-state index contributed by atoms with van der Waals surface area (Å²) in [5.41, 5.74) is 3.12. The number of benzene rings is 2. The van der Waals surface area contributed by atoms with Crippen molar-refractivity contribution < 1.29 is 9.53 Å². The van der Waals surface area contributed by atoms with E-state index < -0.39 is 5.97 Å². The van der Waals surface area contributed by atoms with Crippen LogP contribution in [-0.4, -0.2) is 28.0 Å². The normalized spacial score (nSPS) is 10.6. The smallest absolute Gasteiger partial charge is 0.340 e. The number of thiocarbonyl (C=S) groups is 1. The minimum Gasteiger partial charge on any atom is -0.465 e. The largest absolute Gasteiger partial charge is 0.465 e. The molecule has 0 aliphatic heterocycles. The van der Waals surface area contributed by atoms with Gasteiger partial charge in [0.2, 0.25) is 0 Å². The van der Waals surface area contributed by atoms with Gasteiger partial charge in [-0.2, -0.15) is 5.10 Å². The number of carbonyl (C=O) groups excluding carboxylic acids is 1. The van der Waals surface area contributed by atoms with Crippen LogP contribution >= 0.6 is 35.2 Å². The van der Waals surface area contributed by atoms with E-state index in [2.05, 4.69) is 15.7 Å². The van der Waals surface area contributed by atoms with Crippen molar-refractivity contribution in [3.8, 4) is 10.4 Å². The van der Waals surface area contributed by atoms with E-state index in [1.54, 1.807) is 16.9 Å². The minimum atomic E-state index is -0.429. The summed E-state index contributed by atoms with van der Waals surface area (Å²) in [6.07, 6.45) is 3.51. The Labute approximate surface area is 199 Å². The van der Waals surface area contributed by atoms with Crippen molar-refractivity contribution in [2.75, 3.05) is 17.7 Å². The summed E-state index contributed by atoms with van der Waals surface area (Å²) in [7, 11) is 1.36. The van der Waals surface area contributed by atoms with Crippen LogP contribution in [0.25, 0.3) is 10.4 Å². The molecular formula is C23H19ClN4O2S2. The number of nitrogens with zero attached hydrogens (tertiary/aromatic N) is 2. The number of hydrogen-bond donors (Lipinski definition) is 2. The molecule has 9 heteroatoms. The fourth-order valence-corrected chi connectivity index (χ4v) is 4.61. The highest BCUT2D eigenvalue weighted by atomic mass is 35.5. The van der Waals surface area contributed by atoms with Crippen LogP contribution < -0.4 is 10.6 Å². The van der Waals surface area contributed by atoms with Gasteiger partial charge >= 0.3 is 5.97 Å². The lowest BCUT2D eigenvalue weighted by Gasteiger charge is -2.08. The molecule has 0 bridgehead atoms. The topological polar surface area (TPSA) is 68.2 Å². The second-order valence-corrected chi connectivity index (χ2v) is 8.68. The zero-order valence-electron chi connectivity index (χ0n) is 17.0. The molecule has 162 valence electrons. The van der Waals surface area contributed by atoms with E-state index in [9.17, 15) is 4.79 Å². The number of halogens is 1. The monoisotopic (exact) mass is 482 g/mol. The number of methoxy groups -OCH3 is 1. The number of anilines is 2. The van der Waals surface area contributed by atoms with Gasteiger partial charge in [0.15, 0.2) is 5.11 Å². The number of rotatable bonds is 6. The Hall–Kier alpha value is -3.20. The van der Waals surface area contributed by atoms with Crippen molar-refractivity contribution in [1.82, 2.24) is 9.78 Å². The predicted molar refractivity (Wildman–Crippen MR) is 134 cm³/mol. The molecule has 4 rings (SSSR count). The number of esters is 1. The highest BCUT2D eigenvalue weighted by molar-refractivity contribution is 7.80. The molecular weight excluding hydrogens is 464 g/mol. The summed E-state index contributed by atoms with van der Waals surface area (Å²) < 4.78 is 6.70. The Morgan fingerprint density at radius 1 is 1.16 bits per heavy atom. The molecule has 0 radical (unpaired) electrons. The number of aromatic nitrogens is 2. The van der Waals surface area contributed by atoms with Crippen molar-refractivity contribution in [2.24, 2.45) is 0 Å². The molecule has 0 fully saturated rings. The van der Waals surface area contributed by atoms with E-state index in [4.69, 9.17) is 28.6 Å². The SMILES string of the molecule is COC(=O)c1cc(-c2ccccc2)sc1NC(=S)Nc1cnn(Cc2ccccc2Cl)c1. The van der Waals surface area contributed by atoms with Gasteiger partial charge in [-0.25, -0.2) is 4.79 Å². The van der Waals surface area contributed by atoms with Crippen LogP contribution in [0.1, 0.15) is 15.9 Å². The summed E-state index contributed by atoms with van der Waals surface area (Å²) in [6.45, 7) is 0.541. The summed E-state index contributed by atoms with van der Waals surface area (Å²) in [5, 5.41) is 12.2. The van der Waals surface area contributed by atoms with Crippen LogP contribution in [0.5, 0.6) is 0 Å². The maximum atomic E-state index is 12.3. The molecule has 4 aromatic rings. The molecule has 2 heterocycles. The van der Waals surface area contributed by atoms with Crippen LogP contribution in [0.4, 0.5) is 10.7 Å². The van der Waals surface area contributed by atoms with Gasteiger partial charge in [0.05, 0.1) is 31.1 Å². The molecule has 0 saturated carbocycles. The van der Waals surface area contributed by atoms with Gasteiger partial charge in [0.25, 0.3) is 0 Å². The average Bonchev–Trinajstić information content (AvgIpc) is 3.42. The Bertz CT molecular complexity index is 1250. The van der Waals surface area contributed by atoms with Gasteiger partial charge in [0.1, 0.15) is 5.00 Å². The standard InChI is InChI=1S/C23H19ClN4O2S2/c1-30-22(29)18-11-20(15-7-3-2-4-8-15)32-21(18)27-23(31)26-17-12-25-28(14-17)13-16-9-5-6-10-19(16)24/h2-12,14H,13H2,1H3,(H2,26,27,31). The second kappa shape index (κ2) is 9.95. The lowest BCUT2D eigenvalue weighted by atomic mass is 10.1. The van der Waals surface area contributed by atoms with Crippen molar-refractivity contribution in [2.45, 2.75) is 6.54 Å². The van der Waals surface area contributed by atoms with E-state index in [1.807, 2.05) is 60.8 Å². The van der Waals surface area contributed by atoms with Crippen molar-refractivity contribution in [3.05, 3.63) is 89.2 Å². The fourth-order valence-electron chi connectivity index (χ4n) is 3.07. The first-order valence-electron chi connectivity index (χ1n) is 9.65. The zero-order valence-corrected chi connectivity index (χ0v) is 19.4. The van der Waals surface area contributed by atoms with E-state index in [0.29, 0.717) is 32.9 Å². The Morgan fingerprint density at radius 3 is 2.66 bits per heavy atom. The highest BCUT2D eigenvalue weighted by Gasteiger charge is 2.18. The first kappa shape index (κ1) is 22.0. The lowest BCUT2D eigenvalue weighted by molar-refractivity contribution is 0.0602. The number of carbonyl (C=O) groups is 1. The zero-order chi connectivity index (χ0) is 22.5. The van der Waals surface area contributed by atoms with Crippen LogP contribution in [0.3, 0.4) is 0 Å². The van der Waals surface area contributed by atoms with E-state index in [1.165, 1.54) is 18.4 Å². The van der Waals surface area contributed by atoms with Gasteiger partial charge in [0, 0.05) is 16.1 Å². The number of nitrogens with one attached hydrogen (secondary N) is 2. The number of ether oxygens (including phenoxy) is 1. The summed E-state index contributed by atoms with van der Waals surface area (Å²) in [5.74, 6) is -0.429. The number of thiophene rings is 1. The first-order valence-corrected chi connectivity index (χ1v) is 11.2. The van der Waals surface area contributed by atoms with Gasteiger partial charge in [-0.1, -0.05) is 60.1 Å². The summed E-state index contributed by atoms with van der Waals surface area (Å²) >= 11 is 13.1. The molecule has 0 unspecified atom stereocenters. The van der Waals surface area contributed by atoms with Crippen LogP contribution in [0.2, 0.25) is 5.02 Å². The van der Waals surface area contributed by atoms with E-state index in [0.717, 1.165) is 16.0 Å². The molecule has 0 amide bonds. The predicted octanol–water partition coefficient (Wildman–Crippen LogP) is 5.91. The molecule has 0 aliphatic rings. The molecule has 2 aromatic heterocycles. The molecule has 0 saturated heterocycles. The minimum absolute atomic E-state index is 0.342. The molecule has 6 nitrogen and oxygen atoms in total. The third-order valence-electron chi connectivity index (χ3n) is 4.60. The van der Waals surface area contributed by atoms with Crippen LogP contribution in [-0.2, 0) is 11.3 Å². The van der Waals surface area contributed by atoms with Gasteiger partial charge in [-0.05, 0) is 35.5 Å². The van der Waals surface area contributed by atoms with Crippen molar-refractivity contribution >= 4 is 56.9 Å². The molecule has 2 N–H and O–H groups in total. The van der Waals surface area contributed by atoms with Crippen molar-refractivity contribution in [1.29, 1.82) is 0 Å². The maximum absolute atomic E-state index is 12.3. The first-order chi connectivity index (χ1) is 15.5. The molecule has 0 atom stereocenters. The summed E-state index contributed by atoms with van der Waals surface area (Å²) in [6, 6.07) is 19.3. The van der Waals surface area contributed by atoms with Crippen LogP contribution in [0.15, 0.2) is 73.1 Å². The Balaban J connectivity index is 1.47. The fraction of sp³-hybridized carbons (Fsp3) is 0.0870. The van der Waals surface area contributed by atoms with E-state index in [-0.39, 0.29) is 0 Å². The quantitative estimate of drug-likeness (QED) is 0.263. The Kier molecular flexibility index (Phi) is 6.84. The van der Waals surface area contributed by atoms with Gasteiger partial charge in [-0.15, -0.1) is 11.3 Å². The number of hydrogen-bond acceptors (Lipinski definition) is 5. The van der Waals surface area contributed by atoms with Gasteiger partial charge in [-0.3, -0.25) is 4.68 Å². The van der Waals surface area contributed by atoms with Gasteiger partial charge < -0.3 is 15.4 Å². The molecule has 2 aromatic carbocycles. The highest BCUT2D eigenvalue weighted by Crippen LogP contribution is 2.36. The third kappa shape index (κ3) is 5.16. The summed E-state index contributed by atoms with van der Waals surface area (Å²) in [4.78, 5) is 13.2.